The average molecular weight is 497 g/mol. The molecule has 0 spiro atoms. The quantitative estimate of drug-likeness (QED) is 0.549. The Bertz CT molecular complexity index is 1110. The zero-order valence-electron chi connectivity index (χ0n) is 22.8. The van der Waals surface area contributed by atoms with Gasteiger partial charge < -0.3 is 20.2 Å². The van der Waals surface area contributed by atoms with Gasteiger partial charge in [0.1, 0.15) is 17.3 Å². The van der Waals surface area contributed by atoms with Crippen molar-refractivity contribution in [3.8, 4) is 0 Å². The maximum absolute atomic E-state index is 13.6. The molecule has 1 aliphatic heterocycles. The highest BCUT2D eigenvalue weighted by atomic mass is 16.4. The molecule has 0 bridgehead atoms. The number of carbonyl (C=O) groups is 2. The molecule has 0 saturated carbocycles. The van der Waals surface area contributed by atoms with E-state index in [-0.39, 0.29) is 17.4 Å². The molecular weight excluding hydrogens is 456 g/mol. The summed E-state index contributed by atoms with van der Waals surface area (Å²) in [5, 5.41) is 12.8. The summed E-state index contributed by atoms with van der Waals surface area (Å²) >= 11 is 0. The molecule has 1 fully saturated rings. The Morgan fingerprint density at radius 2 is 1.83 bits per heavy atom. The first-order valence-corrected chi connectivity index (χ1v) is 12.7. The number of hydrogen-bond acceptors (Lipinski definition) is 7. The molecule has 1 amide bonds. The van der Waals surface area contributed by atoms with Gasteiger partial charge in [-0.1, -0.05) is 27.7 Å². The Balaban J connectivity index is 1.80. The summed E-state index contributed by atoms with van der Waals surface area (Å²) in [6, 6.07) is 1.81. The van der Waals surface area contributed by atoms with E-state index in [1.54, 1.807) is 20.0 Å². The van der Waals surface area contributed by atoms with Gasteiger partial charge in [0, 0.05) is 26.2 Å². The van der Waals surface area contributed by atoms with Gasteiger partial charge in [0.05, 0.1) is 28.7 Å². The van der Waals surface area contributed by atoms with Gasteiger partial charge in [0.15, 0.2) is 0 Å². The second kappa shape index (κ2) is 10.8. The third-order valence-corrected chi connectivity index (χ3v) is 6.65. The maximum atomic E-state index is 13.6. The van der Waals surface area contributed by atoms with Gasteiger partial charge in [-0.2, -0.15) is 0 Å². The summed E-state index contributed by atoms with van der Waals surface area (Å²) < 4.78 is 0. The molecule has 2 aromatic rings. The molecule has 3 rings (SSSR count). The second-order valence-electron chi connectivity index (χ2n) is 11.0. The number of aromatic nitrogens is 3. The minimum atomic E-state index is -0.970. The van der Waals surface area contributed by atoms with Crippen LogP contribution in [0.15, 0.2) is 12.3 Å². The van der Waals surface area contributed by atoms with Gasteiger partial charge in [0.25, 0.3) is 5.91 Å². The summed E-state index contributed by atoms with van der Waals surface area (Å²) in [4.78, 5) is 43.0. The van der Waals surface area contributed by atoms with Gasteiger partial charge in [-0.3, -0.25) is 4.79 Å². The number of pyridine rings is 1. The van der Waals surface area contributed by atoms with Gasteiger partial charge in [0.2, 0.25) is 0 Å². The normalized spacial score (nSPS) is 15.5. The van der Waals surface area contributed by atoms with Crippen LogP contribution in [0, 0.1) is 19.8 Å². The predicted octanol–water partition coefficient (Wildman–Crippen LogP) is 4.51. The molecule has 1 saturated heterocycles. The number of nitrogens with zero attached hydrogens (tertiary/aromatic N) is 5. The number of hydrogen-bond donors (Lipinski definition) is 2. The van der Waals surface area contributed by atoms with E-state index in [1.165, 1.54) is 0 Å². The average Bonchev–Trinajstić information content (AvgIpc) is 2.77. The number of aromatic carboxylic acids is 1. The summed E-state index contributed by atoms with van der Waals surface area (Å²) in [5.74, 6) is 1.09. The van der Waals surface area contributed by atoms with Crippen LogP contribution in [0.1, 0.15) is 91.7 Å². The molecule has 1 aliphatic rings. The summed E-state index contributed by atoms with van der Waals surface area (Å²) in [6.07, 6.45) is 2.61. The Morgan fingerprint density at radius 3 is 2.39 bits per heavy atom. The number of aryl methyl sites for hydroxylation is 2. The van der Waals surface area contributed by atoms with Crippen molar-refractivity contribution in [2.45, 2.75) is 73.3 Å². The van der Waals surface area contributed by atoms with Crippen LogP contribution in [0.2, 0.25) is 0 Å². The van der Waals surface area contributed by atoms with Crippen LogP contribution in [0.5, 0.6) is 0 Å². The van der Waals surface area contributed by atoms with E-state index in [0.717, 1.165) is 30.3 Å². The van der Waals surface area contributed by atoms with Crippen molar-refractivity contribution in [3.05, 3.63) is 40.5 Å². The van der Waals surface area contributed by atoms with Crippen LogP contribution < -0.4 is 10.2 Å². The fourth-order valence-electron chi connectivity index (χ4n) is 4.69. The highest BCUT2D eigenvalue weighted by molar-refractivity contribution is 5.93. The molecule has 196 valence electrons. The number of piperazine rings is 1. The van der Waals surface area contributed by atoms with Gasteiger partial charge in [-0.05, 0) is 57.6 Å². The van der Waals surface area contributed by atoms with E-state index in [2.05, 4.69) is 47.9 Å². The monoisotopic (exact) mass is 496 g/mol. The molecule has 9 heteroatoms. The van der Waals surface area contributed by atoms with Gasteiger partial charge >= 0.3 is 5.97 Å². The highest BCUT2D eigenvalue weighted by Gasteiger charge is 2.38. The van der Waals surface area contributed by atoms with Crippen molar-refractivity contribution in [3.63, 3.8) is 0 Å². The zero-order valence-corrected chi connectivity index (χ0v) is 22.8. The minimum absolute atomic E-state index is 0.128. The second-order valence-corrected chi connectivity index (χ2v) is 11.0. The molecular formula is C27H40N6O3. The largest absolute Gasteiger partial charge is 0.478 e. The molecule has 36 heavy (non-hydrogen) atoms. The van der Waals surface area contributed by atoms with E-state index in [9.17, 15) is 14.7 Å². The van der Waals surface area contributed by atoms with E-state index in [0.29, 0.717) is 42.5 Å². The van der Waals surface area contributed by atoms with Gasteiger partial charge in [-0.15, -0.1) is 0 Å². The SMILES string of the molecule is Cc1cc(N2CCN(C(=O)c3cnc(NCCC(C)C)c(C(C)C)n3)C(C)(C)C2)nc(C)c1C(=O)O. The third-order valence-electron chi connectivity index (χ3n) is 6.65. The first-order valence-electron chi connectivity index (χ1n) is 12.7. The number of carboxylic acid groups (broad SMARTS) is 1. The highest BCUT2D eigenvalue weighted by Crippen LogP contribution is 2.29. The maximum Gasteiger partial charge on any atom is 0.337 e. The van der Waals surface area contributed by atoms with Gasteiger partial charge in [-0.25, -0.2) is 19.7 Å². The number of carboxylic acids is 1. The topological polar surface area (TPSA) is 112 Å². The zero-order chi connectivity index (χ0) is 26.8. The van der Waals surface area contributed by atoms with Crippen molar-refractivity contribution < 1.29 is 14.7 Å². The minimum Gasteiger partial charge on any atom is -0.478 e. The van der Waals surface area contributed by atoms with Crippen molar-refractivity contribution in [1.29, 1.82) is 0 Å². The first-order chi connectivity index (χ1) is 16.8. The summed E-state index contributed by atoms with van der Waals surface area (Å²) in [6.45, 7) is 18.5. The Morgan fingerprint density at radius 1 is 1.14 bits per heavy atom. The van der Waals surface area contributed by atoms with Crippen LogP contribution >= 0.6 is 0 Å². The lowest BCUT2D eigenvalue weighted by atomic mass is 9.97. The standard InChI is InChI=1S/C27H40N6O3/c1-16(2)9-10-28-24-23(17(3)4)31-20(14-29-24)25(34)33-12-11-32(15-27(33,7)8)21-13-18(5)22(26(35)36)19(6)30-21/h13-14,16-17H,9-12,15H2,1-8H3,(H,28,29)(H,35,36). The Hall–Kier alpha value is -3.23. The third kappa shape index (κ3) is 5.94. The van der Waals surface area contributed by atoms with Crippen LogP contribution in [-0.4, -0.2) is 68.6 Å². The first kappa shape index (κ1) is 27.4. The lowest BCUT2D eigenvalue weighted by Gasteiger charge is -2.47. The molecule has 0 aliphatic carbocycles. The Labute approximate surface area is 214 Å². The number of nitrogens with one attached hydrogen (secondary N) is 1. The number of carbonyl (C=O) groups excluding carboxylic acids is 1. The van der Waals surface area contributed by atoms with E-state index in [4.69, 9.17) is 4.98 Å². The molecule has 0 aromatic carbocycles. The van der Waals surface area contributed by atoms with E-state index in [1.807, 2.05) is 24.8 Å². The summed E-state index contributed by atoms with van der Waals surface area (Å²) in [5.41, 5.74) is 2.08. The predicted molar refractivity (Wildman–Crippen MR) is 142 cm³/mol. The fraction of sp³-hybridized carbons (Fsp3) is 0.593. The van der Waals surface area contributed by atoms with Crippen molar-refractivity contribution in [1.82, 2.24) is 19.9 Å². The number of rotatable bonds is 8. The fourth-order valence-corrected chi connectivity index (χ4v) is 4.69. The van der Waals surface area contributed by atoms with E-state index < -0.39 is 11.5 Å². The molecule has 0 radical (unpaired) electrons. The van der Waals surface area contributed by atoms with Crippen LogP contribution in [0.25, 0.3) is 0 Å². The number of anilines is 2. The Kier molecular flexibility index (Phi) is 8.21. The smallest absolute Gasteiger partial charge is 0.337 e. The molecule has 2 N–H and O–H groups in total. The molecule has 0 unspecified atom stereocenters. The number of amides is 1. The van der Waals surface area contributed by atoms with Crippen molar-refractivity contribution in [2.24, 2.45) is 5.92 Å². The molecule has 9 nitrogen and oxygen atoms in total. The molecule has 2 aromatic heterocycles. The summed E-state index contributed by atoms with van der Waals surface area (Å²) in [7, 11) is 0. The van der Waals surface area contributed by atoms with Crippen LogP contribution in [0.4, 0.5) is 11.6 Å². The van der Waals surface area contributed by atoms with Crippen molar-refractivity contribution in [2.75, 3.05) is 36.4 Å². The molecule has 3 heterocycles. The van der Waals surface area contributed by atoms with Crippen molar-refractivity contribution >= 4 is 23.5 Å². The molecule has 0 atom stereocenters. The van der Waals surface area contributed by atoms with Crippen LogP contribution in [0.3, 0.4) is 0 Å². The van der Waals surface area contributed by atoms with E-state index >= 15 is 0 Å². The lowest BCUT2D eigenvalue weighted by Crippen LogP contribution is -2.61. The lowest BCUT2D eigenvalue weighted by molar-refractivity contribution is 0.0506. The van der Waals surface area contributed by atoms with Crippen LogP contribution in [-0.2, 0) is 0 Å².